The largest absolute Gasteiger partial charge is 0.493 e. The standard InChI is InChI=1S/C22H28O7/c1-25-17-7-5-13(9-19(17)27-3)21(24)16-12-29-22(15(16)11-23)14-6-8-18(26-2)20(10-14)28-4/h5-10,15-16,21-24H,11-12H2,1-4H3/t15-,16-,21+,22+/m0/s1. The molecule has 2 aromatic rings. The van der Waals surface area contributed by atoms with Crippen LogP contribution in [0.15, 0.2) is 36.4 Å². The highest BCUT2D eigenvalue weighted by Gasteiger charge is 2.42. The molecule has 0 aliphatic carbocycles. The van der Waals surface area contributed by atoms with E-state index in [1.165, 1.54) is 0 Å². The second-order valence-corrected chi connectivity index (χ2v) is 6.94. The van der Waals surface area contributed by atoms with E-state index in [2.05, 4.69) is 0 Å². The van der Waals surface area contributed by atoms with Gasteiger partial charge in [0, 0.05) is 18.4 Å². The van der Waals surface area contributed by atoms with Crippen LogP contribution in [0.1, 0.15) is 23.3 Å². The van der Waals surface area contributed by atoms with Gasteiger partial charge in [0.2, 0.25) is 0 Å². The van der Waals surface area contributed by atoms with Crippen LogP contribution in [-0.2, 0) is 4.74 Å². The molecular formula is C22H28O7. The summed E-state index contributed by atoms with van der Waals surface area (Å²) in [6.07, 6.45) is -1.18. The van der Waals surface area contributed by atoms with Gasteiger partial charge in [0.25, 0.3) is 0 Å². The quantitative estimate of drug-likeness (QED) is 0.700. The lowest BCUT2D eigenvalue weighted by atomic mass is 9.82. The number of hydrogen-bond donors (Lipinski definition) is 2. The Balaban J connectivity index is 1.85. The summed E-state index contributed by atoms with van der Waals surface area (Å²) in [5.41, 5.74) is 1.55. The average molecular weight is 404 g/mol. The fourth-order valence-electron chi connectivity index (χ4n) is 3.90. The molecule has 3 rings (SSSR count). The summed E-state index contributed by atoms with van der Waals surface area (Å²) in [6, 6.07) is 10.8. The van der Waals surface area contributed by atoms with Crippen LogP contribution < -0.4 is 18.9 Å². The molecule has 0 radical (unpaired) electrons. The Morgan fingerprint density at radius 2 is 1.48 bits per heavy atom. The van der Waals surface area contributed by atoms with Gasteiger partial charge in [0.1, 0.15) is 0 Å². The maximum absolute atomic E-state index is 11.0. The van der Waals surface area contributed by atoms with Crippen molar-refractivity contribution in [3.05, 3.63) is 47.5 Å². The van der Waals surface area contributed by atoms with E-state index in [0.29, 0.717) is 35.2 Å². The number of rotatable bonds is 8. The van der Waals surface area contributed by atoms with Gasteiger partial charge in [-0.25, -0.2) is 0 Å². The Kier molecular flexibility index (Phi) is 6.84. The summed E-state index contributed by atoms with van der Waals surface area (Å²) in [5.74, 6) is 1.78. The predicted octanol–water partition coefficient (Wildman–Crippen LogP) is 2.75. The maximum Gasteiger partial charge on any atom is 0.161 e. The normalized spacial score (nSPS) is 22.2. The zero-order valence-electron chi connectivity index (χ0n) is 17.1. The molecule has 0 aromatic heterocycles. The Morgan fingerprint density at radius 1 is 0.897 bits per heavy atom. The van der Waals surface area contributed by atoms with E-state index in [1.54, 1.807) is 46.6 Å². The number of aliphatic hydroxyl groups excluding tert-OH is 2. The van der Waals surface area contributed by atoms with Gasteiger partial charge in [-0.3, -0.25) is 0 Å². The molecule has 0 spiro atoms. The van der Waals surface area contributed by atoms with Gasteiger partial charge >= 0.3 is 0 Å². The molecule has 0 saturated carbocycles. The Hall–Kier alpha value is -2.48. The Bertz CT molecular complexity index is 823. The van der Waals surface area contributed by atoms with E-state index in [0.717, 1.165) is 5.56 Å². The lowest BCUT2D eigenvalue weighted by Gasteiger charge is -2.26. The fourth-order valence-corrected chi connectivity index (χ4v) is 3.90. The molecular weight excluding hydrogens is 376 g/mol. The molecule has 158 valence electrons. The van der Waals surface area contributed by atoms with Crippen molar-refractivity contribution in [1.82, 2.24) is 0 Å². The van der Waals surface area contributed by atoms with E-state index in [-0.39, 0.29) is 24.5 Å². The highest BCUT2D eigenvalue weighted by Crippen LogP contribution is 2.46. The molecule has 2 aromatic carbocycles. The third-order valence-corrected chi connectivity index (χ3v) is 5.51. The van der Waals surface area contributed by atoms with Gasteiger partial charge in [-0.15, -0.1) is 0 Å². The number of methoxy groups -OCH3 is 4. The lowest BCUT2D eigenvalue weighted by Crippen LogP contribution is -2.25. The van der Waals surface area contributed by atoms with Crippen molar-refractivity contribution in [2.45, 2.75) is 12.2 Å². The van der Waals surface area contributed by atoms with Gasteiger partial charge in [0.15, 0.2) is 23.0 Å². The maximum atomic E-state index is 11.0. The first-order valence-electron chi connectivity index (χ1n) is 9.42. The Labute approximate surface area is 170 Å². The van der Waals surface area contributed by atoms with E-state index >= 15 is 0 Å². The molecule has 0 bridgehead atoms. The zero-order chi connectivity index (χ0) is 21.0. The first kappa shape index (κ1) is 21.2. The fraction of sp³-hybridized carbons (Fsp3) is 0.455. The zero-order valence-corrected chi connectivity index (χ0v) is 17.1. The Morgan fingerprint density at radius 3 is 2.07 bits per heavy atom. The van der Waals surface area contributed by atoms with Gasteiger partial charge in [0.05, 0.1) is 47.3 Å². The summed E-state index contributed by atoms with van der Waals surface area (Å²) in [7, 11) is 6.27. The molecule has 29 heavy (non-hydrogen) atoms. The van der Waals surface area contributed by atoms with Crippen molar-refractivity contribution in [2.24, 2.45) is 11.8 Å². The van der Waals surface area contributed by atoms with Crippen LogP contribution in [0.2, 0.25) is 0 Å². The molecule has 7 heteroatoms. The molecule has 1 heterocycles. The highest BCUT2D eigenvalue weighted by molar-refractivity contribution is 5.45. The number of ether oxygens (including phenoxy) is 5. The van der Waals surface area contributed by atoms with Gasteiger partial charge in [-0.2, -0.15) is 0 Å². The lowest BCUT2D eigenvalue weighted by molar-refractivity contribution is 0.0632. The van der Waals surface area contributed by atoms with Crippen LogP contribution in [0, 0.1) is 11.8 Å². The minimum Gasteiger partial charge on any atom is -0.493 e. The molecule has 1 fully saturated rings. The van der Waals surface area contributed by atoms with Crippen LogP contribution in [0.25, 0.3) is 0 Å². The smallest absolute Gasteiger partial charge is 0.161 e. The number of aliphatic hydroxyl groups is 2. The summed E-state index contributed by atoms with van der Waals surface area (Å²) < 4.78 is 27.3. The molecule has 7 nitrogen and oxygen atoms in total. The minimum atomic E-state index is -0.822. The van der Waals surface area contributed by atoms with Gasteiger partial charge < -0.3 is 33.9 Å². The first-order valence-corrected chi connectivity index (χ1v) is 9.42. The summed E-state index contributed by atoms with van der Waals surface area (Å²) in [6.45, 7) is 0.202. The third kappa shape index (κ3) is 4.12. The van der Waals surface area contributed by atoms with Crippen LogP contribution in [-0.4, -0.2) is 51.9 Å². The summed E-state index contributed by atoms with van der Waals surface area (Å²) in [5, 5.41) is 21.1. The molecule has 1 saturated heterocycles. The molecule has 1 aliphatic rings. The average Bonchev–Trinajstić information content (AvgIpc) is 3.21. The second-order valence-electron chi connectivity index (χ2n) is 6.94. The topological polar surface area (TPSA) is 86.6 Å². The van der Waals surface area contributed by atoms with Crippen molar-refractivity contribution < 1.29 is 33.9 Å². The third-order valence-electron chi connectivity index (χ3n) is 5.51. The van der Waals surface area contributed by atoms with Crippen molar-refractivity contribution in [2.75, 3.05) is 41.7 Å². The molecule has 0 unspecified atom stereocenters. The van der Waals surface area contributed by atoms with Gasteiger partial charge in [-0.05, 0) is 35.4 Å². The summed E-state index contributed by atoms with van der Waals surface area (Å²) >= 11 is 0. The monoisotopic (exact) mass is 404 g/mol. The molecule has 0 amide bonds. The van der Waals surface area contributed by atoms with Crippen molar-refractivity contribution >= 4 is 0 Å². The van der Waals surface area contributed by atoms with Crippen LogP contribution in [0.3, 0.4) is 0 Å². The van der Waals surface area contributed by atoms with E-state index in [4.69, 9.17) is 23.7 Å². The van der Waals surface area contributed by atoms with Crippen LogP contribution in [0.4, 0.5) is 0 Å². The minimum absolute atomic E-state index is 0.117. The van der Waals surface area contributed by atoms with Crippen molar-refractivity contribution in [1.29, 1.82) is 0 Å². The first-order chi connectivity index (χ1) is 14.1. The van der Waals surface area contributed by atoms with Crippen molar-refractivity contribution in [3.63, 3.8) is 0 Å². The highest BCUT2D eigenvalue weighted by atomic mass is 16.5. The molecule has 4 atom stereocenters. The van der Waals surface area contributed by atoms with Crippen LogP contribution in [0.5, 0.6) is 23.0 Å². The van der Waals surface area contributed by atoms with Crippen molar-refractivity contribution in [3.8, 4) is 23.0 Å². The van der Waals surface area contributed by atoms with Gasteiger partial charge in [-0.1, -0.05) is 12.1 Å². The van der Waals surface area contributed by atoms with E-state index in [9.17, 15) is 10.2 Å². The predicted molar refractivity (Wildman–Crippen MR) is 107 cm³/mol. The molecule has 1 aliphatic heterocycles. The molecule has 2 N–H and O–H groups in total. The van der Waals surface area contributed by atoms with E-state index in [1.807, 2.05) is 18.2 Å². The summed E-state index contributed by atoms with van der Waals surface area (Å²) in [4.78, 5) is 0. The number of benzene rings is 2. The van der Waals surface area contributed by atoms with Crippen LogP contribution >= 0.6 is 0 Å². The van der Waals surface area contributed by atoms with E-state index < -0.39 is 6.10 Å². The second kappa shape index (κ2) is 9.35. The number of hydrogen-bond acceptors (Lipinski definition) is 7. The SMILES string of the molecule is COc1ccc([C@@H](O)[C@H]2CO[C@H](c3ccc(OC)c(OC)c3)[C@H]2CO)cc1OC.